The number of carbonyl (C=O) groups excluding carboxylic acids is 1. The number of nitrogens with zero attached hydrogens (tertiary/aromatic N) is 1. The molecule has 1 saturated heterocycles. The van der Waals surface area contributed by atoms with E-state index in [4.69, 9.17) is 0 Å². The molecule has 2 aliphatic rings. The smallest absolute Gasteiger partial charge is 0.406 e. The van der Waals surface area contributed by atoms with Crippen LogP contribution in [0.4, 0.5) is 13.2 Å². The van der Waals surface area contributed by atoms with Crippen molar-refractivity contribution >= 4 is 15.9 Å². The van der Waals surface area contributed by atoms with Crippen LogP contribution in [0.25, 0.3) is 0 Å². The molecule has 1 heterocycles. The Morgan fingerprint density at radius 2 is 1.80 bits per heavy atom. The van der Waals surface area contributed by atoms with E-state index in [1.165, 1.54) is 28.6 Å². The van der Waals surface area contributed by atoms with E-state index in [0.717, 1.165) is 0 Å². The van der Waals surface area contributed by atoms with Crippen LogP contribution in [0.3, 0.4) is 0 Å². The molecule has 0 atom stereocenters. The topological polar surface area (TPSA) is 75.7 Å². The summed E-state index contributed by atoms with van der Waals surface area (Å²) in [5, 5.41) is 2.38. The largest absolute Gasteiger partial charge is 0.573 e. The zero-order chi connectivity index (χ0) is 18.2. The summed E-state index contributed by atoms with van der Waals surface area (Å²) in [6, 6.07) is 5.18. The van der Waals surface area contributed by atoms with Crippen LogP contribution in [-0.4, -0.2) is 43.3 Å². The lowest BCUT2D eigenvalue weighted by Crippen LogP contribution is -2.56. The molecule has 1 N–H and O–H groups in total. The maximum Gasteiger partial charge on any atom is 0.573 e. The van der Waals surface area contributed by atoms with Crippen molar-refractivity contribution in [3.8, 4) is 5.75 Å². The standard InChI is InChI=1S/C15H17F3N2O4S/c16-15(17,18)24-12-3-1-10(2-4-12)7-19-14(21)11-8-20(9-11)25(22,23)13-5-6-13/h1-4,11,13H,5-9H2,(H,19,21). The Morgan fingerprint density at radius 1 is 1.20 bits per heavy atom. The summed E-state index contributed by atoms with van der Waals surface area (Å²) < 4.78 is 65.2. The minimum Gasteiger partial charge on any atom is -0.406 e. The summed E-state index contributed by atoms with van der Waals surface area (Å²) in [6.45, 7) is 0.517. The van der Waals surface area contributed by atoms with Crippen molar-refractivity contribution in [3.05, 3.63) is 29.8 Å². The Labute approximate surface area is 143 Å². The molecule has 2 fully saturated rings. The number of halogens is 3. The summed E-state index contributed by atoms with van der Waals surface area (Å²) in [4.78, 5) is 12.0. The number of carbonyl (C=O) groups is 1. The molecule has 0 aromatic heterocycles. The lowest BCUT2D eigenvalue weighted by atomic mass is 10.0. The van der Waals surface area contributed by atoms with Gasteiger partial charge in [0.1, 0.15) is 5.75 Å². The molecule has 0 unspecified atom stereocenters. The van der Waals surface area contributed by atoms with Gasteiger partial charge in [-0.05, 0) is 30.5 Å². The molecule has 1 amide bonds. The van der Waals surface area contributed by atoms with E-state index >= 15 is 0 Å². The molecule has 6 nitrogen and oxygen atoms in total. The highest BCUT2D eigenvalue weighted by molar-refractivity contribution is 7.90. The summed E-state index contributed by atoms with van der Waals surface area (Å²) in [5.41, 5.74) is 0.615. The predicted octanol–water partition coefficient (Wildman–Crippen LogP) is 1.63. The molecule has 10 heteroatoms. The van der Waals surface area contributed by atoms with Crippen molar-refractivity contribution in [1.82, 2.24) is 9.62 Å². The number of hydrogen-bond acceptors (Lipinski definition) is 4. The number of alkyl halides is 3. The third-order valence-corrected chi connectivity index (χ3v) is 6.48. The first-order chi connectivity index (χ1) is 11.6. The van der Waals surface area contributed by atoms with Crippen molar-refractivity contribution < 1.29 is 31.1 Å². The normalized spacial score (nSPS) is 19.3. The maximum absolute atomic E-state index is 12.1. The third kappa shape index (κ3) is 4.43. The molecule has 1 aliphatic carbocycles. The zero-order valence-corrected chi connectivity index (χ0v) is 13.9. The quantitative estimate of drug-likeness (QED) is 0.816. The minimum absolute atomic E-state index is 0.150. The molecule has 0 spiro atoms. The molecule has 0 bridgehead atoms. The van der Waals surface area contributed by atoms with Gasteiger partial charge in [0.05, 0.1) is 11.2 Å². The number of ether oxygens (including phenoxy) is 1. The molecular weight excluding hydrogens is 361 g/mol. The van der Waals surface area contributed by atoms with Crippen molar-refractivity contribution in [1.29, 1.82) is 0 Å². The second kappa shape index (κ2) is 6.49. The third-order valence-electron chi connectivity index (χ3n) is 4.15. The van der Waals surface area contributed by atoms with Gasteiger partial charge in [-0.1, -0.05) is 12.1 Å². The molecule has 1 saturated carbocycles. The highest BCUT2D eigenvalue weighted by Crippen LogP contribution is 2.34. The summed E-state index contributed by atoms with van der Waals surface area (Å²) in [7, 11) is -3.23. The Balaban J connectivity index is 1.44. The zero-order valence-electron chi connectivity index (χ0n) is 13.1. The first-order valence-electron chi connectivity index (χ1n) is 7.76. The predicted molar refractivity (Wildman–Crippen MR) is 82.0 cm³/mol. The average molecular weight is 378 g/mol. The van der Waals surface area contributed by atoms with Gasteiger partial charge in [-0.15, -0.1) is 13.2 Å². The van der Waals surface area contributed by atoms with Gasteiger partial charge >= 0.3 is 6.36 Å². The van der Waals surface area contributed by atoms with E-state index in [0.29, 0.717) is 18.4 Å². The summed E-state index contributed by atoms with van der Waals surface area (Å²) in [5.74, 6) is -0.985. The summed E-state index contributed by atoms with van der Waals surface area (Å²) >= 11 is 0. The molecule has 1 aromatic carbocycles. The van der Waals surface area contributed by atoms with Crippen LogP contribution >= 0.6 is 0 Å². The highest BCUT2D eigenvalue weighted by atomic mass is 32.2. The van der Waals surface area contributed by atoms with Crippen LogP contribution in [0.5, 0.6) is 5.75 Å². The molecule has 138 valence electrons. The van der Waals surface area contributed by atoms with E-state index in [1.807, 2.05) is 0 Å². The number of rotatable bonds is 6. The fourth-order valence-electron chi connectivity index (χ4n) is 2.53. The Bertz CT molecular complexity index is 739. The van der Waals surface area contributed by atoms with Crippen LogP contribution < -0.4 is 10.1 Å². The second-order valence-corrected chi connectivity index (χ2v) is 8.38. The minimum atomic E-state index is -4.74. The van der Waals surface area contributed by atoms with Gasteiger partial charge in [0.15, 0.2) is 0 Å². The maximum atomic E-state index is 12.1. The summed E-state index contributed by atoms with van der Waals surface area (Å²) in [6.07, 6.45) is -3.37. The van der Waals surface area contributed by atoms with Crippen molar-refractivity contribution in [2.75, 3.05) is 13.1 Å². The molecule has 1 aromatic rings. The Kier molecular flexibility index (Phi) is 4.67. The number of amides is 1. The lowest BCUT2D eigenvalue weighted by Gasteiger charge is -2.37. The van der Waals surface area contributed by atoms with Crippen LogP contribution in [0.2, 0.25) is 0 Å². The van der Waals surface area contributed by atoms with Gasteiger partial charge in [0.2, 0.25) is 15.9 Å². The van der Waals surface area contributed by atoms with Gasteiger partial charge in [-0.2, -0.15) is 4.31 Å². The van der Waals surface area contributed by atoms with E-state index in [1.54, 1.807) is 0 Å². The van der Waals surface area contributed by atoms with Gasteiger partial charge in [-0.25, -0.2) is 8.42 Å². The van der Waals surface area contributed by atoms with E-state index in [2.05, 4.69) is 10.1 Å². The Hall–Kier alpha value is -1.81. The van der Waals surface area contributed by atoms with Gasteiger partial charge < -0.3 is 10.1 Å². The average Bonchev–Trinajstić information content (AvgIpc) is 3.28. The molecule has 0 radical (unpaired) electrons. The first-order valence-corrected chi connectivity index (χ1v) is 9.27. The number of hydrogen-bond donors (Lipinski definition) is 1. The van der Waals surface area contributed by atoms with Crippen LogP contribution in [0.1, 0.15) is 18.4 Å². The number of sulfonamides is 1. The van der Waals surface area contributed by atoms with E-state index < -0.39 is 16.4 Å². The fourth-order valence-corrected chi connectivity index (χ4v) is 4.46. The number of nitrogens with one attached hydrogen (secondary N) is 1. The highest BCUT2D eigenvalue weighted by Gasteiger charge is 2.46. The second-order valence-electron chi connectivity index (χ2n) is 6.17. The van der Waals surface area contributed by atoms with Gasteiger partial charge in [0, 0.05) is 19.6 Å². The van der Waals surface area contributed by atoms with Crippen LogP contribution in [-0.2, 0) is 21.4 Å². The monoisotopic (exact) mass is 378 g/mol. The van der Waals surface area contributed by atoms with Crippen molar-refractivity contribution in [3.63, 3.8) is 0 Å². The van der Waals surface area contributed by atoms with Gasteiger partial charge in [0.25, 0.3) is 0 Å². The van der Waals surface area contributed by atoms with E-state index in [-0.39, 0.29) is 42.5 Å². The Morgan fingerprint density at radius 3 is 2.32 bits per heavy atom. The number of benzene rings is 1. The van der Waals surface area contributed by atoms with Crippen molar-refractivity contribution in [2.24, 2.45) is 5.92 Å². The first kappa shape index (κ1) is 18.0. The van der Waals surface area contributed by atoms with Crippen LogP contribution in [0.15, 0.2) is 24.3 Å². The SMILES string of the molecule is O=C(NCc1ccc(OC(F)(F)F)cc1)C1CN(S(=O)(=O)C2CC2)C1. The fraction of sp³-hybridized carbons (Fsp3) is 0.533. The lowest BCUT2D eigenvalue weighted by molar-refractivity contribution is -0.274. The molecule has 1 aliphatic heterocycles. The molecular formula is C15H17F3N2O4S. The van der Waals surface area contributed by atoms with Gasteiger partial charge in [-0.3, -0.25) is 4.79 Å². The molecule has 25 heavy (non-hydrogen) atoms. The van der Waals surface area contributed by atoms with Crippen molar-refractivity contribution in [2.45, 2.75) is 31.0 Å². The molecule has 3 rings (SSSR count). The van der Waals surface area contributed by atoms with E-state index in [9.17, 15) is 26.4 Å². The van der Waals surface area contributed by atoms with Crippen LogP contribution in [0, 0.1) is 5.92 Å².